The third-order valence-corrected chi connectivity index (χ3v) is 6.32. The average molecular weight is 336 g/mol. The lowest BCUT2D eigenvalue weighted by Crippen LogP contribution is -2.69. The maximum atomic E-state index is 13.0. The molecule has 0 radical (unpaired) electrons. The second kappa shape index (κ2) is 4.54. The Kier molecular flexibility index (Phi) is 2.68. The minimum Gasteiger partial charge on any atom is -0.497 e. The first-order valence-electron chi connectivity index (χ1n) is 8.75. The zero-order valence-corrected chi connectivity index (χ0v) is 14.4. The van der Waals surface area contributed by atoms with Gasteiger partial charge >= 0.3 is 0 Å². The first kappa shape index (κ1) is 14.8. The Morgan fingerprint density at radius 3 is 2.80 bits per heavy atom. The summed E-state index contributed by atoms with van der Waals surface area (Å²) in [6.45, 7) is 2.24. The maximum absolute atomic E-state index is 13.0. The number of benzene rings is 1. The van der Waals surface area contributed by atoms with E-state index in [4.69, 9.17) is 4.74 Å². The Bertz CT molecular complexity index is 887. The number of para-hydroxylation sites is 1. The van der Waals surface area contributed by atoms with E-state index in [2.05, 4.69) is 12.1 Å². The molecule has 2 atom stereocenters. The zero-order chi connectivity index (χ0) is 17.4. The number of anilines is 1. The maximum Gasteiger partial charge on any atom is 0.229 e. The van der Waals surface area contributed by atoms with Crippen LogP contribution in [-0.4, -0.2) is 36.0 Å². The highest BCUT2D eigenvalue weighted by Crippen LogP contribution is 2.65. The highest BCUT2D eigenvalue weighted by molar-refractivity contribution is 6.03. The summed E-state index contributed by atoms with van der Waals surface area (Å²) in [5.41, 5.74) is 1.99. The van der Waals surface area contributed by atoms with E-state index in [0.29, 0.717) is 19.4 Å². The lowest BCUT2D eigenvalue weighted by atomic mass is 9.65. The van der Waals surface area contributed by atoms with E-state index < -0.39 is 11.1 Å². The number of piperidine rings is 1. The lowest BCUT2D eigenvalue weighted by Gasteiger charge is -2.53. The molecule has 3 heterocycles. The fourth-order valence-electron chi connectivity index (χ4n) is 5.56. The van der Waals surface area contributed by atoms with Crippen LogP contribution >= 0.6 is 0 Å². The highest BCUT2D eigenvalue weighted by atomic mass is 16.5. The number of hydrogen-bond donors (Lipinski definition) is 0. The van der Waals surface area contributed by atoms with Crippen LogP contribution < -0.4 is 4.90 Å². The number of amides is 2. The number of allylic oxidation sites excluding steroid dienone is 1. The van der Waals surface area contributed by atoms with Crippen molar-refractivity contribution in [2.75, 3.05) is 18.6 Å². The van der Waals surface area contributed by atoms with Gasteiger partial charge in [-0.1, -0.05) is 18.2 Å². The summed E-state index contributed by atoms with van der Waals surface area (Å²) < 4.78 is 5.61. The Morgan fingerprint density at radius 1 is 1.24 bits per heavy atom. The number of ether oxygens (including phenoxy) is 1. The molecule has 0 saturated carbocycles. The molecule has 5 heteroatoms. The zero-order valence-electron chi connectivity index (χ0n) is 14.4. The van der Waals surface area contributed by atoms with Crippen LogP contribution in [0.15, 0.2) is 47.7 Å². The van der Waals surface area contributed by atoms with Crippen molar-refractivity contribution in [2.24, 2.45) is 0 Å². The SMILES string of the molecule is COC1=C[C@]23CCN(C(C)=O)[C@]24C(=C1)CCC(=O)N4c1ccccc13. The van der Waals surface area contributed by atoms with E-state index in [0.717, 1.165) is 29.0 Å². The quantitative estimate of drug-likeness (QED) is 0.792. The third kappa shape index (κ3) is 1.42. The average Bonchev–Trinajstić information content (AvgIpc) is 3.07. The second-order valence-electron chi connectivity index (χ2n) is 7.23. The molecular formula is C20H20N2O3. The number of likely N-dealkylation sites (tertiary alicyclic amines) is 1. The molecule has 1 aliphatic carbocycles. The van der Waals surface area contributed by atoms with Crippen LogP contribution in [0, 0.1) is 0 Å². The van der Waals surface area contributed by atoms with Crippen molar-refractivity contribution in [3.8, 4) is 0 Å². The van der Waals surface area contributed by atoms with E-state index in [1.54, 1.807) is 14.0 Å². The standard InChI is InChI=1S/C20H20N2O3/c1-13(23)21-10-9-19-12-15(25-2)11-14-7-8-18(24)22(20(14,19)21)17-6-4-3-5-16(17)19/h3-6,11-12H,7-10H2,1-2H3/t19-,20-/m0/s1. The predicted octanol–water partition coefficient (Wildman–Crippen LogP) is 2.48. The van der Waals surface area contributed by atoms with Gasteiger partial charge in [0.15, 0.2) is 5.66 Å². The van der Waals surface area contributed by atoms with Gasteiger partial charge in [0.2, 0.25) is 11.8 Å². The van der Waals surface area contributed by atoms with Crippen molar-refractivity contribution in [1.82, 2.24) is 4.90 Å². The number of carbonyl (C=O) groups excluding carboxylic acids is 2. The molecule has 0 aromatic heterocycles. The molecule has 128 valence electrons. The van der Waals surface area contributed by atoms with E-state index in [1.165, 1.54) is 0 Å². The van der Waals surface area contributed by atoms with Gasteiger partial charge in [-0.3, -0.25) is 14.5 Å². The van der Waals surface area contributed by atoms with Gasteiger partial charge < -0.3 is 9.64 Å². The van der Waals surface area contributed by atoms with Crippen molar-refractivity contribution in [3.63, 3.8) is 0 Å². The number of fused-ring (bicyclic) bond motifs is 2. The molecule has 4 aliphatic rings. The molecule has 0 N–H and O–H groups in total. The first-order chi connectivity index (χ1) is 12.1. The Morgan fingerprint density at radius 2 is 2.04 bits per heavy atom. The van der Waals surface area contributed by atoms with Gasteiger partial charge in [-0.05, 0) is 42.2 Å². The normalized spacial score (nSPS) is 31.8. The van der Waals surface area contributed by atoms with Gasteiger partial charge in [0.1, 0.15) is 5.76 Å². The molecule has 5 rings (SSSR count). The van der Waals surface area contributed by atoms with E-state index in [1.807, 2.05) is 34.1 Å². The Labute approximate surface area is 146 Å². The minimum atomic E-state index is -0.736. The summed E-state index contributed by atoms with van der Waals surface area (Å²) in [4.78, 5) is 29.4. The molecule has 25 heavy (non-hydrogen) atoms. The van der Waals surface area contributed by atoms with Gasteiger partial charge in [0.25, 0.3) is 0 Å². The molecule has 5 nitrogen and oxygen atoms in total. The topological polar surface area (TPSA) is 49.9 Å². The molecule has 2 fully saturated rings. The van der Waals surface area contributed by atoms with Gasteiger partial charge in [0.05, 0.1) is 18.2 Å². The predicted molar refractivity (Wildman–Crippen MR) is 92.8 cm³/mol. The van der Waals surface area contributed by atoms with E-state index in [-0.39, 0.29) is 11.8 Å². The molecule has 0 bridgehead atoms. The molecule has 0 unspecified atom stereocenters. The van der Waals surface area contributed by atoms with Crippen molar-refractivity contribution in [1.29, 1.82) is 0 Å². The van der Waals surface area contributed by atoms with Gasteiger partial charge in [0, 0.05) is 19.9 Å². The summed E-state index contributed by atoms with van der Waals surface area (Å²) in [6.07, 6.45) is 6.08. The summed E-state index contributed by atoms with van der Waals surface area (Å²) in [7, 11) is 1.68. The minimum absolute atomic E-state index is 0.00884. The monoisotopic (exact) mass is 336 g/mol. The number of nitrogens with zero attached hydrogens (tertiary/aromatic N) is 2. The molecule has 1 spiro atoms. The Balaban J connectivity index is 1.91. The van der Waals surface area contributed by atoms with Crippen molar-refractivity contribution in [3.05, 3.63) is 53.3 Å². The van der Waals surface area contributed by atoms with Crippen molar-refractivity contribution < 1.29 is 14.3 Å². The van der Waals surface area contributed by atoms with Crippen LogP contribution in [0.2, 0.25) is 0 Å². The number of methoxy groups -OCH3 is 1. The fraction of sp³-hybridized carbons (Fsp3) is 0.400. The van der Waals surface area contributed by atoms with Crippen molar-refractivity contribution in [2.45, 2.75) is 37.3 Å². The van der Waals surface area contributed by atoms with Crippen LogP contribution in [0.3, 0.4) is 0 Å². The summed E-state index contributed by atoms with van der Waals surface area (Å²) in [5.74, 6) is 0.922. The van der Waals surface area contributed by atoms with Crippen LogP contribution in [0.4, 0.5) is 5.69 Å². The smallest absolute Gasteiger partial charge is 0.229 e. The fourth-order valence-corrected chi connectivity index (χ4v) is 5.56. The number of carbonyl (C=O) groups is 2. The van der Waals surface area contributed by atoms with E-state index >= 15 is 0 Å². The molecule has 2 saturated heterocycles. The largest absolute Gasteiger partial charge is 0.497 e. The number of hydrogen-bond acceptors (Lipinski definition) is 3. The summed E-state index contributed by atoms with van der Waals surface area (Å²) >= 11 is 0. The highest BCUT2D eigenvalue weighted by Gasteiger charge is 2.72. The van der Waals surface area contributed by atoms with Gasteiger partial charge in [-0.2, -0.15) is 0 Å². The molecule has 1 aromatic rings. The van der Waals surface area contributed by atoms with E-state index in [9.17, 15) is 9.59 Å². The summed E-state index contributed by atoms with van der Waals surface area (Å²) in [5, 5.41) is 0. The van der Waals surface area contributed by atoms with Gasteiger partial charge in [-0.25, -0.2) is 0 Å². The van der Waals surface area contributed by atoms with Crippen LogP contribution in [-0.2, 0) is 19.7 Å². The van der Waals surface area contributed by atoms with Crippen molar-refractivity contribution >= 4 is 17.5 Å². The molecule has 3 aliphatic heterocycles. The third-order valence-electron chi connectivity index (χ3n) is 6.32. The lowest BCUT2D eigenvalue weighted by molar-refractivity contribution is -0.135. The van der Waals surface area contributed by atoms with Crippen LogP contribution in [0.5, 0.6) is 0 Å². The Hall–Kier alpha value is -2.56. The van der Waals surface area contributed by atoms with Crippen LogP contribution in [0.25, 0.3) is 0 Å². The molecule has 1 aromatic carbocycles. The van der Waals surface area contributed by atoms with Crippen LogP contribution in [0.1, 0.15) is 31.7 Å². The summed E-state index contributed by atoms with van der Waals surface area (Å²) in [6, 6.07) is 8.07. The molecule has 2 amide bonds. The molecular weight excluding hydrogens is 316 g/mol. The first-order valence-corrected chi connectivity index (χ1v) is 8.75. The second-order valence-corrected chi connectivity index (χ2v) is 7.23. The van der Waals surface area contributed by atoms with Gasteiger partial charge in [-0.15, -0.1) is 0 Å². The number of rotatable bonds is 1.